The maximum atomic E-state index is 12.5. The van der Waals surface area contributed by atoms with E-state index in [0.717, 1.165) is 0 Å². The zero-order valence-electron chi connectivity index (χ0n) is 9.97. The van der Waals surface area contributed by atoms with Gasteiger partial charge >= 0.3 is 7.60 Å². The van der Waals surface area contributed by atoms with Crippen LogP contribution >= 0.6 is 19.2 Å². The molecule has 0 aliphatic carbocycles. The van der Waals surface area contributed by atoms with Gasteiger partial charge in [-0.05, 0) is 19.9 Å². The molecule has 0 aliphatic rings. The van der Waals surface area contributed by atoms with Crippen molar-refractivity contribution in [2.24, 2.45) is 0 Å². The topological polar surface area (TPSA) is 57.7 Å². The third-order valence-corrected chi connectivity index (χ3v) is 4.58. The summed E-state index contributed by atoms with van der Waals surface area (Å²) in [7, 11) is -1.97. The normalized spacial score (nSPS) is 11.5. The van der Waals surface area contributed by atoms with Gasteiger partial charge in [0.05, 0.1) is 25.6 Å². The molecule has 0 bridgehead atoms. The van der Waals surface area contributed by atoms with E-state index in [4.69, 9.17) is 25.4 Å². The fourth-order valence-electron chi connectivity index (χ4n) is 1.29. The van der Waals surface area contributed by atoms with E-state index < -0.39 is 7.60 Å². The highest BCUT2D eigenvalue weighted by molar-refractivity contribution is 7.62. The molecule has 96 valence electrons. The van der Waals surface area contributed by atoms with Crippen LogP contribution in [-0.4, -0.2) is 25.3 Å². The maximum absolute atomic E-state index is 12.5. The number of rotatable bonds is 6. The number of pyridine rings is 1. The minimum absolute atomic E-state index is 0.153. The van der Waals surface area contributed by atoms with Crippen LogP contribution in [0.2, 0.25) is 5.02 Å². The van der Waals surface area contributed by atoms with E-state index in [1.807, 2.05) is 0 Å². The quantitative estimate of drug-likeness (QED) is 0.749. The Morgan fingerprint density at radius 3 is 2.41 bits per heavy atom. The van der Waals surface area contributed by atoms with E-state index in [9.17, 15) is 4.57 Å². The highest BCUT2D eigenvalue weighted by atomic mass is 35.5. The van der Waals surface area contributed by atoms with Gasteiger partial charge in [-0.15, -0.1) is 0 Å². The van der Waals surface area contributed by atoms with Crippen LogP contribution in [0.25, 0.3) is 0 Å². The molecule has 0 N–H and O–H groups in total. The third kappa shape index (κ3) is 3.19. The minimum atomic E-state index is -3.40. The summed E-state index contributed by atoms with van der Waals surface area (Å²) >= 11 is 6.05. The molecule has 0 amide bonds. The molecule has 7 heteroatoms. The Kier molecular flexibility index (Phi) is 5.40. The molecule has 0 radical (unpaired) electrons. The van der Waals surface area contributed by atoms with Gasteiger partial charge in [0.25, 0.3) is 0 Å². The number of nitrogens with zero attached hydrogens (tertiary/aromatic N) is 1. The lowest BCUT2D eigenvalue weighted by Crippen LogP contribution is -2.13. The minimum Gasteiger partial charge on any atom is -0.480 e. The SMILES string of the molecule is CCOP(=O)(OCC)c1ccnc(OC)c1Cl. The first-order valence-electron chi connectivity index (χ1n) is 5.17. The Morgan fingerprint density at radius 2 is 1.94 bits per heavy atom. The molecule has 1 rings (SSSR count). The Morgan fingerprint density at radius 1 is 1.35 bits per heavy atom. The molecule has 0 atom stereocenters. The first-order valence-corrected chi connectivity index (χ1v) is 7.09. The summed E-state index contributed by atoms with van der Waals surface area (Å²) in [4.78, 5) is 3.90. The molecule has 5 nitrogen and oxygen atoms in total. The van der Waals surface area contributed by atoms with Gasteiger partial charge in [-0.1, -0.05) is 11.6 Å². The maximum Gasteiger partial charge on any atom is 0.363 e. The Labute approximate surface area is 106 Å². The number of hydrogen-bond donors (Lipinski definition) is 0. The first-order chi connectivity index (χ1) is 8.09. The second kappa shape index (κ2) is 6.36. The van der Waals surface area contributed by atoms with Crippen LogP contribution < -0.4 is 10.0 Å². The average molecular weight is 280 g/mol. The molecule has 0 saturated carbocycles. The van der Waals surface area contributed by atoms with Gasteiger partial charge in [0.1, 0.15) is 5.02 Å². The van der Waals surface area contributed by atoms with E-state index in [2.05, 4.69) is 4.98 Å². The summed E-state index contributed by atoms with van der Waals surface area (Å²) in [5, 5.41) is 0.426. The van der Waals surface area contributed by atoms with Crippen molar-refractivity contribution in [3.63, 3.8) is 0 Å². The summed E-state index contributed by atoms with van der Waals surface area (Å²) in [6.45, 7) is 3.99. The fourth-order valence-corrected chi connectivity index (χ4v) is 3.40. The van der Waals surface area contributed by atoms with E-state index in [-0.39, 0.29) is 29.4 Å². The van der Waals surface area contributed by atoms with Crippen molar-refractivity contribution in [2.45, 2.75) is 13.8 Å². The summed E-state index contributed by atoms with van der Waals surface area (Å²) in [5.74, 6) is 0.198. The van der Waals surface area contributed by atoms with E-state index in [0.29, 0.717) is 0 Å². The molecule has 0 aliphatic heterocycles. The van der Waals surface area contributed by atoms with Crippen molar-refractivity contribution in [1.29, 1.82) is 0 Å². The fraction of sp³-hybridized carbons (Fsp3) is 0.500. The highest BCUT2D eigenvalue weighted by Crippen LogP contribution is 2.49. The van der Waals surface area contributed by atoms with Crippen molar-refractivity contribution >= 4 is 24.5 Å². The lowest BCUT2D eigenvalue weighted by atomic mass is 10.5. The predicted molar refractivity (Wildman–Crippen MR) is 66.3 cm³/mol. The summed E-state index contributed by atoms with van der Waals surface area (Å²) < 4.78 is 27.9. The molecule has 1 aromatic rings. The van der Waals surface area contributed by atoms with Crippen molar-refractivity contribution in [2.75, 3.05) is 20.3 Å². The smallest absolute Gasteiger partial charge is 0.363 e. The van der Waals surface area contributed by atoms with Gasteiger partial charge in [0, 0.05) is 6.20 Å². The van der Waals surface area contributed by atoms with Gasteiger partial charge in [0.15, 0.2) is 0 Å². The molecule has 0 spiro atoms. The van der Waals surface area contributed by atoms with Crippen molar-refractivity contribution in [3.05, 3.63) is 17.3 Å². The van der Waals surface area contributed by atoms with E-state index in [1.165, 1.54) is 19.4 Å². The molecular formula is C10H15ClNO4P. The molecule has 0 aromatic carbocycles. The third-order valence-electron chi connectivity index (χ3n) is 1.92. The zero-order valence-corrected chi connectivity index (χ0v) is 11.6. The van der Waals surface area contributed by atoms with Crippen LogP contribution in [-0.2, 0) is 13.6 Å². The summed E-state index contributed by atoms with van der Waals surface area (Å²) in [5.41, 5.74) is 0. The van der Waals surface area contributed by atoms with E-state index in [1.54, 1.807) is 13.8 Å². The number of halogens is 1. The van der Waals surface area contributed by atoms with E-state index >= 15 is 0 Å². The number of aromatic nitrogens is 1. The molecule has 1 aromatic heterocycles. The second-order valence-electron chi connectivity index (χ2n) is 2.99. The number of ether oxygens (including phenoxy) is 1. The largest absolute Gasteiger partial charge is 0.480 e. The molecule has 0 fully saturated rings. The first kappa shape index (κ1) is 14.5. The molecule has 0 saturated heterocycles. The number of hydrogen-bond acceptors (Lipinski definition) is 5. The highest BCUT2D eigenvalue weighted by Gasteiger charge is 2.31. The van der Waals surface area contributed by atoms with Crippen molar-refractivity contribution in [1.82, 2.24) is 4.98 Å². The molecule has 0 unspecified atom stereocenters. The van der Waals surface area contributed by atoms with Gasteiger partial charge in [-0.2, -0.15) is 0 Å². The van der Waals surface area contributed by atoms with Crippen LogP contribution in [0.1, 0.15) is 13.8 Å². The predicted octanol–water partition coefficient (Wildman–Crippen LogP) is 2.64. The monoisotopic (exact) mass is 279 g/mol. The second-order valence-corrected chi connectivity index (χ2v) is 5.36. The van der Waals surface area contributed by atoms with Crippen LogP contribution in [0.15, 0.2) is 12.3 Å². The molecular weight excluding hydrogens is 265 g/mol. The van der Waals surface area contributed by atoms with Crippen LogP contribution in [0, 0.1) is 0 Å². The van der Waals surface area contributed by atoms with Crippen LogP contribution in [0.4, 0.5) is 0 Å². The van der Waals surface area contributed by atoms with Crippen LogP contribution in [0.3, 0.4) is 0 Å². The zero-order chi connectivity index (χ0) is 12.9. The summed E-state index contributed by atoms with van der Waals surface area (Å²) in [6, 6.07) is 1.51. The number of methoxy groups -OCH3 is 1. The molecule has 17 heavy (non-hydrogen) atoms. The van der Waals surface area contributed by atoms with Gasteiger partial charge in [-0.25, -0.2) is 4.98 Å². The van der Waals surface area contributed by atoms with Gasteiger partial charge < -0.3 is 13.8 Å². The summed E-state index contributed by atoms with van der Waals surface area (Å²) in [6.07, 6.45) is 1.45. The lowest BCUT2D eigenvalue weighted by molar-refractivity contribution is 0.230. The Hall–Kier alpha value is -0.610. The Balaban J connectivity index is 3.23. The van der Waals surface area contributed by atoms with Gasteiger partial charge in [-0.3, -0.25) is 4.57 Å². The van der Waals surface area contributed by atoms with Crippen molar-refractivity contribution < 1.29 is 18.3 Å². The lowest BCUT2D eigenvalue weighted by Gasteiger charge is -2.18. The Bertz CT molecular complexity index is 417. The standard InChI is InChI=1S/C10H15ClNO4P/c1-4-15-17(13,16-5-2)8-6-7-12-10(14-3)9(8)11/h6-7H,4-5H2,1-3H3. The van der Waals surface area contributed by atoms with Gasteiger partial charge in [0.2, 0.25) is 5.88 Å². The molecule has 1 heterocycles. The van der Waals surface area contributed by atoms with Crippen molar-refractivity contribution in [3.8, 4) is 5.88 Å². The van der Waals surface area contributed by atoms with Crippen LogP contribution in [0.5, 0.6) is 5.88 Å². The average Bonchev–Trinajstić information content (AvgIpc) is 2.30.